The number of aromatic nitrogens is 2. The third kappa shape index (κ3) is 0.735. The van der Waals surface area contributed by atoms with E-state index in [1.54, 1.807) is 0 Å². The summed E-state index contributed by atoms with van der Waals surface area (Å²) in [7, 11) is 0. The second-order valence-corrected chi connectivity index (χ2v) is 3.82. The number of benzene rings is 1. The van der Waals surface area contributed by atoms with Crippen molar-refractivity contribution < 1.29 is 0 Å². The molecule has 2 heterocycles. The lowest BCUT2D eigenvalue weighted by molar-refractivity contribution is 1.66. The molecule has 0 radical (unpaired) electrons. The molecule has 0 aliphatic carbocycles. The molecule has 4 heteroatoms. The highest BCUT2D eigenvalue weighted by atomic mass is 32.1. The molecule has 2 nitrogen and oxygen atoms in total. The molecule has 0 aliphatic heterocycles. The molecule has 2 aromatic heterocycles. The summed E-state index contributed by atoms with van der Waals surface area (Å²) in [5.74, 6) is 0. The van der Waals surface area contributed by atoms with E-state index in [0.717, 1.165) is 11.0 Å². The van der Waals surface area contributed by atoms with E-state index < -0.39 is 0 Å². The van der Waals surface area contributed by atoms with Gasteiger partial charge in [-0.1, -0.05) is 0 Å². The smallest absolute Gasteiger partial charge is 0.0943 e. The summed E-state index contributed by atoms with van der Waals surface area (Å²) in [5.41, 5.74) is 2.14. The molecule has 0 unspecified atom stereocenters. The molecular formula is C8H4N2S2. The van der Waals surface area contributed by atoms with E-state index in [-0.39, 0.29) is 0 Å². The van der Waals surface area contributed by atoms with Crippen molar-refractivity contribution in [3.8, 4) is 0 Å². The van der Waals surface area contributed by atoms with Crippen LogP contribution in [0.4, 0.5) is 0 Å². The van der Waals surface area contributed by atoms with Gasteiger partial charge < -0.3 is 0 Å². The van der Waals surface area contributed by atoms with Crippen LogP contribution in [0, 0.1) is 0 Å². The first kappa shape index (κ1) is 6.51. The van der Waals surface area contributed by atoms with Crippen LogP contribution in [0.15, 0.2) is 22.9 Å². The van der Waals surface area contributed by atoms with Crippen LogP contribution in [-0.2, 0) is 0 Å². The Hall–Kier alpha value is -1.00. The molecule has 3 aromatic rings. The maximum absolute atomic E-state index is 4.33. The average Bonchev–Trinajstić information content (AvgIpc) is 2.71. The Balaban J connectivity index is 2.71. The average molecular weight is 192 g/mol. The highest BCUT2D eigenvalue weighted by molar-refractivity contribution is 7.06. The molecule has 1 aromatic carbocycles. The van der Waals surface area contributed by atoms with Gasteiger partial charge in [0.15, 0.2) is 0 Å². The van der Waals surface area contributed by atoms with Gasteiger partial charge in [-0.05, 0) is 35.2 Å². The fourth-order valence-corrected chi connectivity index (χ4v) is 2.61. The van der Waals surface area contributed by atoms with Crippen molar-refractivity contribution in [2.45, 2.75) is 0 Å². The van der Waals surface area contributed by atoms with E-state index in [1.807, 2.05) is 6.07 Å². The van der Waals surface area contributed by atoms with Crippen molar-refractivity contribution in [3.63, 3.8) is 0 Å². The monoisotopic (exact) mass is 192 g/mol. The molecule has 0 spiro atoms. The zero-order valence-corrected chi connectivity index (χ0v) is 7.65. The maximum atomic E-state index is 4.33. The minimum Gasteiger partial charge on any atom is -0.193 e. The van der Waals surface area contributed by atoms with Gasteiger partial charge in [0.2, 0.25) is 0 Å². The molecule has 0 saturated heterocycles. The van der Waals surface area contributed by atoms with E-state index >= 15 is 0 Å². The van der Waals surface area contributed by atoms with E-state index in [4.69, 9.17) is 0 Å². The largest absolute Gasteiger partial charge is 0.193 e. The van der Waals surface area contributed by atoms with Crippen molar-refractivity contribution in [2.24, 2.45) is 0 Å². The second kappa shape index (κ2) is 2.24. The number of nitrogens with zero attached hydrogens (tertiary/aromatic N) is 2. The predicted octanol–water partition coefficient (Wildman–Crippen LogP) is 2.91. The molecule has 0 aliphatic rings. The van der Waals surface area contributed by atoms with Crippen LogP contribution in [0.25, 0.3) is 21.8 Å². The highest BCUT2D eigenvalue weighted by Crippen LogP contribution is 2.25. The summed E-state index contributed by atoms with van der Waals surface area (Å²) in [6.07, 6.45) is 0. The third-order valence-corrected chi connectivity index (χ3v) is 3.16. The maximum Gasteiger partial charge on any atom is 0.0943 e. The van der Waals surface area contributed by atoms with Crippen LogP contribution in [0.5, 0.6) is 0 Å². The van der Waals surface area contributed by atoms with Gasteiger partial charge in [-0.25, -0.2) is 0 Å². The van der Waals surface area contributed by atoms with Crippen LogP contribution >= 0.6 is 23.1 Å². The van der Waals surface area contributed by atoms with E-state index in [2.05, 4.69) is 25.6 Å². The summed E-state index contributed by atoms with van der Waals surface area (Å²) in [6.45, 7) is 0. The Morgan fingerprint density at radius 2 is 1.92 bits per heavy atom. The van der Waals surface area contributed by atoms with Gasteiger partial charge in [-0.3, -0.25) is 0 Å². The number of hydrogen-bond acceptors (Lipinski definition) is 4. The molecule has 0 amide bonds. The van der Waals surface area contributed by atoms with E-state index in [1.165, 1.54) is 33.8 Å². The predicted molar refractivity (Wildman–Crippen MR) is 52.8 cm³/mol. The summed E-state index contributed by atoms with van der Waals surface area (Å²) >= 11 is 2.98. The van der Waals surface area contributed by atoms with Gasteiger partial charge in [-0.15, -0.1) is 0 Å². The minimum atomic E-state index is 1.05. The summed E-state index contributed by atoms with van der Waals surface area (Å²) in [5, 5.41) is 6.51. The zero-order valence-electron chi connectivity index (χ0n) is 6.02. The van der Waals surface area contributed by atoms with E-state index in [9.17, 15) is 0 Å². The first-order valence-corrected chi connectivity index (χ1v) is 5.19. The van der Waals surface area contributed by atoms with Crippen LogP contribution in [0.1, 0.15) is 0 Å². The van der Waals surface area contributed by atoms with Crippen LogP contribution in [0.2, 0.25) is 0 Å². The van der Waals surface area contributed by atoms with Crippen molar-refractivity contribution in [1.82, 2.24) is 8.75 Å². The highest BCUT2D eigenvalue weighted by Gasteiger charge is 2.03. The molecule has 0 N–H and O–H groups in total. The SMILES string of the molecule is c1cc2nscc2c2nscc12. The lowest BCUT2D eigenvalue weighted by atomic mass is 10.2. The minimum absolute atomic E-state index is 1.05. The number of fused-ring (bicyclic) bond motifs is 3. The lowest BCUT2D eigenvalue weighted by Crippen LogP contribution is -1.69. The molecule has 0 atom stereocenters. The van der Waals surface area contributed by atoms with Crippen LogP contribution in [-0.4, -0.2) is 8.75 Å². The molecular weight excluding hydrogens is 188 g/mol. The Labute approximate surface area is 76.8 Å². The summed E-state index contributed by atoms with van der Waals surface area (Å²) in [4.78, 5) is 0. The third-order valence-electron chi connectivity index (χ3n) is 1.87. The van der Waals surface area contributed by atoms with Gasteiger partial charge in [0, 0.05) is 21.5 Å². The molecule has 0 fully saturated rings. The van der Waals surface area contributed by atoms with Gasteiger partial charge >= 0.3 is 0 Å². The Morgan fingerprint density at radius 1 is 1.00 bits per heavy atom. The molecule has 3 rings (SSSR count). The number of rotatable bonds is 0. The Kier molecular flexibility index (Phi) is 1.22. The quantitative estimate of drug-likeness (QED) is 0.547. The van der Waals surface area contributed by atoms with Gasteiger partial charge in [-0.2, -0.15) is 8.75 Å². The van der Waals surface area contributed by atoms with Crippen molar-refractivity contribution in [3.05, 3.63) is 22.9 Å². The summed E-state index contributed by atoms with van der Waals surface area (Å²) in [6, 6.07) is 4.11. The first-order chi connectivity index (χ1) is 5.95. The van der Waals surface area contributed by atoms with Gasteiger partial charge in [0.25, 0.3) is 0 Å². The fourth-order valence-electron chi connectivity index (χ4n) is 1.28. The zero-order chi connectivity index (χ0) is 7.97. The van der Waals surface area contributed by atoms with Crippen molar-refractivity contribution in [2.75, 3.05) is 0 Å². The molecule has 12 heavy (non-hydrogen) atoms. The fraction of sp³-hybridized carbons (Fsp3) is 0. The topological polar surface area (TPSA) is 25.8 Å². The Morgan fingerprint density at radius 3 is 2.92 bits per heavy atom. The van der Waals surface area contributed by atoms with Gasteiger partial charge in [0.1, 0.15) is 0 Å². The van der Waals surface area contributed by atoms with Crippen molar-refractivity contribution in [1.29, 1.82) is 0 Å². The normalized spacial score (nSPS) is 11.3. The first-order valence-electron chi connectivity index (χ1n) is 3.52. The molecule has 58 valence electrons. The summed E-state index contributed by atoms with van der Waals surface area (Å²) < 4.78 is 8.58. The van der Waals surface area contributed by atoms with E-state index in [0.29, 0.717) is 0 Å². The van der Waals surface area contributed by atoms with Gasteiger partial charge in [0.05, 0.1) is 11.0 Å². The van der Waals surface area contributed by atoms with Crippen LogP contribution < -0.4 is 0 Å². The molecule has 0 bridgehead atoms. The van der Waals surface area contributed by atoms with Crippen molar-refractivity contribution >= 4 is 44.9 Å². The van der Waals surface area contributed by atoms with Crippen LogP contribution in [0.3, 0.4) is 0 Å². The lowest BCUT2D eigenvalue weighted by Gasteiger charge is -1.87. The number of hydrogen-bond donors (Lipinski definition) is 0. The standard InChI is InChI=1S/C8H4N2S2/c1-2-7-6(4-12-9-7)8-5(1)3-11-10-8/h1-4H. The molecule has 0 saturated carbocycles. The second-order valence-electron chi connectivity index (χ2n) is 2.57. The Bertz CT molecular complexity index is 488.